The number of nitrogens with two attached hydrogens (primary N) is 1. The Morgan fingerprint density at radius 2 is 2.09 bits per heavy atom. The van der Waals surface area contributed by atoms with E-state index < -0.39 is 5.97 Å². The van der Waals surface area contributed by atoms with Gasteiger partial charge < -0.3 is 14.3 Å². The van der Waals surface area contributed by atoms with Gasteiger partial charge in [-0.3, -0.25) is 4.79 Å². The number of hydrogen-bond donors (Lipinski definition) is 1. The van der Waals surface area contributed by atoms with Gasteiger partial charge in [0.05, 0.1) is 12.7 Å². The zero-order chi connectivity index (χ0) is 15.5. The minimum atomic E-state index is -0.533. The molecule has 0 radical (unpaired) electrons. The predicted molar refractivity (Wildman–Crippen MR) is 75.0 cm³/mol. The first-order chi connectivity index (χ1) is 10.5. The molecule has 4 aliphatic carbocycles. The maximum absolute atomic E-state index is 11.3. The average Bonchev–Trinajstić information content (AvgIpc) is 2.83. The van der Waals surface area contributed by atoms with E-state index >= 15 is 0 Å². The molecule has 4 rings (SSSR count). The van der Waals surface area contributed by atoms with Crippen LogP contribution in [0.25, 0.3) is 0 Å². The summed E-state index contributed by atoms with van der Waals surface area (Å²) >= 11 is 0. The molecule has 0 aromatic rings. The van der Waals surface area contributed by atoms with Gasteiger partial charge in [-0.25, -0.2) is 4.79 Å². The van der Waals surface area contributed by atoms with E-state index in [1.165, 1.54) is 26.2 Å². The lowest BCUT2D eigenvalue weighted by Gasteiger charge is -2.50. The van der Waals surface area contributed by atoms with Gasteiger partial charge in [-0.1, -0.05) is 0 Å². The van der Waals surface area contributed by atoms with Gasteiger partial charge in [0, 0.05) is 12.8 Å². The molecule has 2 N–H and O–H groups in total. The highest BCUT2D eigenvalue weighted by atomic mass is 16.7. The zero-order valence-electron chi connectivity index (χ0n) is 12.8. The molecule has 0 amide bonds. The largest absolute Gasteiger partial charge is 0.466 e. The molecule has 4 aliphatic rings. The van der Waals surface area contributed by atoms with Gasteiger partial charge in [-0.15, -0.1) is 0 Å². The van der Waals surface area contributed by atoms with Gasteiger partial charge in [0.25, 0.3) is 0 Å². The van der Waals surface area contributed by atoms with Gasteiger partial charge in [0.15, 0.2) is 0 Å². The third-order valence-electron chi connectivity index (χ3n) is 6.89. The quantitative estimate of drug-likeness (QED) is 0.603. The summed E-state index contributed by atoms with van der Waals surface area (Å²) in [6.45, 7) is 1.87. The summed E-state index contributed by atoms with van der Waals surface area (Å²) in [6.07, 6.45) is 4.93. The molecule has 0 saturated heterocycles. The summed E-state index contributed by atoms with van der Waals surface area (Å²) in [5.74, 6) is 6.91. The van der Waals surface area contributed by atoms with E-state index in [0.717, 1.165) is 12.3 Å². The third-order valence-corrected chi connectivity index (χ3v) is 6.89. The van der Waals surface area contributed by atoms with Crippen molar-refractivity contribution >= 4 is 11.9 Å². The molecular weight excluding hydrogens is 286 g/mol. The lowest BCUT2D eigenvalue weighted by molar-refractivity contribution is -0.156. The topological polar surface area (TPSA) is 87.8 Å². The molecule has 0 aromatic carbocycles. The van der Waals surface area contributed by atoms with Crippen molar-refractivity contribution in [3.05, 3.63) is 0 Å². The smallest absolute Gasteiger partial charge is 0.350 e. The van der Waals surface area contributed by atoms with Crippen LogP contribution in [0.1, 0.15) is 32.6 Å². The molecule has 7 atom stereocenters. The van der Waals surface area contributed by atoms with Crippen LogP contribution in [0, 0.1) is 35.0 Å². The second kappa shape index (κ2) is 4.93. The Balaban J connectivity index is 1.51. The molecule has 6 heteroatoms. The lowest BCUT2D eigenvalue weighted by Crippen LogP contribution is -2.44. The Morgan fingerprint density at radius 3 is 2.82 bits per heavy atom. The van der Waals surface area contributed by atoms with Crippen molar-refractivity contribution in [2.45, 2.75) is 38.7 Å². The number of carbonyl (C=O) groups is 2. The van der Waals surface area contributed by atoms with Crippen LogP contribution >= 0.6 is 0 Å². The molecule has 22 heavy (non-hydrogen) atoms. The van der Waals surface area contributed by atoms with Crippen LogP contribution in [0.2, 0.25) is 0 Å². The van der Waals surface area contributed by atoms with Crippen molar-refractivity contribution < 1.29 is 23.9 Å². The fourth-order valence-electron chi connectivity index (χ4n) is 6.27. The summed E-state index contributed by atoms with van der Waals surface area (Å²) in [5, 5.41) is 0. The summed E-state index contributed by atoms with van der Waals surface area (Å²) in [4.78, 5) is 26.7. The van der Waals surface area contributed by atoms with E-state index in [2.05, 4.69) is 4.84 Å². The molecular formula is C16H23NO5. The highest BCUT2D eigenvalue weighted by Crippen LogP contribution is 2.77. The van der Waals surface area contributed by atoms with E-state index in [1.54, 1.807) is 0 Å². The molecule has 4 fully saturated rings. The molecule has 0 aromatic heterocycles. The van der Waals surface area contributed by atoms with Crippen molar-refractivity contribution in [3.8, 4) is 0 Å². The van der Waals surface area contributed by atoms with Crippen LogP contribution in [0.15, 0.2) is 0 Å². The van der Waals surface area contributed by atoms with Gasteiger partial charge >= 0.3 is 11.9 Å². The number of carbonyl (C=O) groups excluding carboxylic acids is 2. The monoisotopic (exact) mass is 309 g/mol. The maximum Gasteiger partial charge on any atom is 0.350 e. The van der Waals surface area contributed by atoms with Crippen LogP contribution in [-0.2, 0) is 23.9 Å². The van der Waals surface area contributed by atoms with Gasteiger partial charge in [-0.2, -0.15) is 5.90 Å². The number of hydrogen-bond acceptors (Lipinski definition) is 6. The van der Waals surface area contributed by atoms with Crippen LogP contribution in [0.5, 0.6) is 0 Å². The number of rotatable bonds is 5. The van der Waals surface area contributed by atoms with Crippen LogP contribution in [0.4, 0.5) is 0 Å². The molecule has 0 aliphatic heterocycles. The fraction of sp³-hybridized carbons (Fsp3) is 0.875. The SMILES string of the molecule is CC(=O)OCC1C2CC34CC(CC3CC14)C2OCC(=O)ON. The summed E-state index contributed by atoms with van der Waals surface area (Å²) in [6, 6.07) is 0. The zero-order valence-corrected chi connectivity index (χ0v) is 12.8. The third kappa shape index (κ3) is 1.86. The van der Waals surface area contributed by atoms with Crippen LogP contribution in [-0.4, -0.2) is 31.3 Å². The number of ether oxygens (including phenoxy) is 2. The predicted octanol–water partition coefficient (Wildman–Crippen LogP) is 1.03. The first kappa shape index (κ1) is 14.5. The first-order valence-electron chi connectivity index (χ1n) is 8.19. The van der Waals surface area contributed by atoms with Crippen LogP contribution < -0.4 is 5.90 Å². The molecule has 0 heterocycles. The molecule has 7 unspecified atom stereocenters. The minimum absolute atomic E-state index is 0.0723. The highest BCUT2D eigenvalue weighted by molar-refractivity contribution is 5.70. The van der Waals surface area contributed by atoms with E-state index in [4.69, 9.17) is 15.4 Å². The van der Waals surface area contributed by atoms with Crippen molar-refractivity contribution in [1.82, 2.24) is 0 Å². The Kier molecular flexibility index (Phi) is 3.24. The van der Waals surface area contributed by atoms with Crippen molar-refractivity contribution in [3.63, 3.8) is 0 Å². The highest BCUT2D eigenvalue weighted by Gasteiger charge is 2.72. The normalized spacial score (nSPS) is 47.0. The average molecular weight is 309 g/mol. The van der Waals surface area contributed by atoms with Gasteiger partial charge in [-0.05, 0) is 54.8 Å². The Bertz CT molecular complexity index is 509. The Morgan fingerprint density at radius 1 is 1.27 bits per heavy atom. The van der Waals surface area contributed by atoms with E-state index in [0.29, 0.717) is 35.7 Å². The van der Waals surface area contributed by atoms with Gasteiger partial charge in [0.1, 0.15) is 6.61 Å². The Labute approximate surface area is 129 Å². The lowest BCUT2D eigenvalue weighted by atomic mass is 9.54. The van der Waals surface area contributed by atoms with Crippen molar-refractivity contribution in [2.24, 2.45) is 40.9 Å². The summed E-state index contributed by atoms with van der Waals surface area (Å²) in [5.41, 5.74) is 0.481. The molecule has 3 bridgehead atoms. The second-order valence-corrected chi connectivity index (χ2v) is 7.57. The molecule has 6 nitrogen and oxygen atoms in total. The fourth-order valence-corrected chi connectivity index (χ4v) is 6.27. The molecule has 1 spiro atoms. The summed E-state index contributed by atoms with van der Waals surface area (Å²) < 4.78 is 11.2. The van der Waals surface area contributed by atoms with Crippen molar-refractivity contribution in [1.29, 1.82) is 0 Å². The van der Waals surface area contributed by atoms with E-state index in [9.17, 15) is 9.59 Å². The van der Waals surface area contributed by atoms with Crippen LogP contribution in [0.3, 0.4) is 0 Å². The van der Waals surface area contributed by atoms with E-state index in [-0.39, 0.29) is 18.7 Å². The standard InChI is InChI=1S/C16H23NO5/c1-8(18)20-6-12-11-5-16-4-9(2-10(16)3-13(12)16)15(11)21-7-14(19)22-17/h9-13,15H,2-7,17H2,1H3. The number of esters is 1. The first-order valence-corrected chi connectivity index (χ1v) is 8.19. The minimum Gasteiger partial charge on any atom is -0.466 e. The van der Waals surface area contributed by atoms with E-state index in [1.807, 2.05) is 0 Å². The molecule has 122 valence electrons. The summed E-state index contributed by atoms with van der Waals surface area (Å²) in [7, 11) is 0. The second-order valence-electron chi connectivity index (χ2n) is 7.57. The van der Waals surface area contributed by atoms with Gasteiger partial charge in [0.2, 0.25) is 0 Å². The Hall–Kier alpha value is -1.14. The maximum atomic E-state index is 11.3. The molecule has 4 saturated carbocycles. The van der Waals surface area contributed by atoms with Crippen molar-refractivity contribution in [2.75, 3.05) is 13.2 Å². The number of fused-ring (bicyclic) bond motifs is 2.